The normalized spacial score (nSPS) is 20.3. The molecule has 2 rings (SSSR count). The molecule has 1 aliphatic rings. The Hall–Kier alpha value is -2.28. The fourth-order valence-electron chi connectivity index (χ4n) is 2.80. The molecule has 1 N–H and O–H groups in total. The molecule has 4 nitrogen and oxygen atoms in total. The monoisotopic (exact) mass is 285 g/mol. The van der Waals surface area contributed by atoms with Crippen LogP contribution in [0.3, 0.4) is 0 Å². The van der Waals surface area contributed by atoms with E-state index in [0.717, 1.165) is 18.4 Å². The first-order valence-electron chi connectivity index (χ1n) is 7.02. The van der Waals surface area contributed by atoms with Crippen LogP contribution in [0.2, 0.25) is 0 Å². The highest BCUT2D eigenvalue weighted by atomic mass is 16.4. The summed E-state index contributed by atoms with van der Waals surface area (Å²) < 4.78 is 0. The van der Waals surface area contributed by atoms with Gasteiger partial charge in [-0.05, 0) is 30.4 Å². The molecule has 1 aliphatic heterocycles. The van der Waals surface area contributed by atoms with Crippen LogP contribution in [-0.4, -0.2) is 34.5 Å². The van der Waals surface area contributed by atoms with E-state index in [9.17, 15) is 14.7 Å². The van der Waals surface area contributed by atoms with Crippen molar-refractivity contribution in [3.8, 4) is 11.8 Å². The number of carboxylic acids is 1. The maximum absolute atomic E-state index is 12.3. The van der Waals surface area contributed by atoms with Crippen molar-refractivity contribution in [2.45, 2.75) is 32.7 Å². The Morgan fingerprint density at radius 1 is 1.29 bits per heavy atom. The molecule has 0 saturated carbocycles. The number of piperidine rings is 1. The summed E-state index contributed by atoms with van der Waals surface area (Å²) in [4.78, 5) is 25.2. The minimum absolute atomic E-state index is 0.418. The second-order valence-electron chi connectivity index (χ2n) is 5.95. The van der Waals surface area contributed by atoms with Crippen molar-refractivity contribution in [2.75, 3.05) is 6.54 Å². The number of benzene rings is 1. The number of hydrogen-bond donors (Lipinski definition) is 1. The van der Waals surface area contributed by atoms with Gasteiger partial charge in [-0.2, -0.15) is 0 Å². The van der Waals surface area contributed by atoms with Gasteiger partial charge in [0.05, 0.1) is 0 Å². The van der Waals surface area contributed by atoms with E-state index >= 15 is 0 Å². The van der Waals surface area contributed by atoms with Gasteiger partial charge >= 0.3 is 5.97 Å². The Morgan fingerprint density at radius 3 is 2.57 bits per heavy atom. The summed E-state index contributed by atoms with van der Waals surface area (Å²) in [5, 5.41) is 9.44. The van der Waals surface area contributed by atoms with Crippen LogP contribution in [0.1, 0.15) is 32.3 Å². The van der Waals surface area contributed by atoms with Gasteiger partial charge in [-0.15, -0.1) is 0 Å². The van der Waals surface area contributed by atoms with Crippen LogP contribution < -0.4 is 0 Å². The van der Waals surface area contributed by atoms with E-state index in [0.29, 0.717) is 6.54 Å². The highest BCUT2D eigenvalue weighted by Gasteiger charge is 2.44. The van der Waals surface area contributed by atoms with Gasteiger partial charge in [0, 0.05) is 18.0 Å². The van der Waals surface area contributed by atoms with Crippen LogP contribution in [-0.2, 0) is 9.59 Å². The first-order valence-corrected chi connectivity index (χ1v) is 7.02. The molecule has 110 valence electrons. The Labute approximate surface area is 124 Å². The number of amides is 1. The number of carboxylic acid groups (broad SMARTS) is 1. The van der Waals surface area contributed by atoms with Crippen LogP contribution in [0.4, 0.5) is 0 Å². The van der Waals surface area contributed by atoms with Gasteiger partial charge in [0.1, 0.15) is 6.04 Å². The largest absolute Gasteiger partial charge is 0.480 e. The topological polar surface area (TPSA) is 57.6 Å². The predicted molar refractivity (Wildman–Crippen MR) is 79.5 cm³/mol. The lowest BCUT2D eigenvalue weighted by Crippen LogP contribution is -2.56. The molecule has 1 amide bonds. The Kier molecular flexibility index (Phi) is 4.32. The molecule has 21 heavy (non-hydrogen) atoms. The zero-order chi connectivity index (χ0) is 15.5. The van der Waals surface area contributed by atoms with E-state index in [4.69, 9.17) is 0 Å². The number of likely N-dealkylation sites (tertiary alicyclic amines) is 1. The summed E-state index contributed by atoms with van der Waals surface area (Å²) in [5.41, 5.74) is 0.308. The minimum atomic E-state index is -0.963. The summed E-state index contributed by atoms with van der Waals surface area (Å²) >= 11 is 0. The van der Waals surface area contributed by atoms with Crippen molar-refractivity contribution >= 4 is 11.9 Å². The van der Waals surface area contributed by atoms with E-state index in [1.54, 1.807) is 0 Å². The molecule has 0 spiro atoms. The SMILES string of the molecule is CC1(C)CCCN(C(=O)C#Cc2ccccc2)C1C(=O)O. The molecule has 0 aromatic heterocycles. The van der Waals surface area contributed by atoms with Gasteiger partial charge in [-0.25, -0.2) is 4.79 Å². The molecule has 1 atom stereocenters. The molecular formula is C17H19NO3. The van der Waals surface area contributed by atoms with Gasteiger partial charge in [0.25, 0.3) is 5.91 Å². The molecule has 1 aromatic rings. The van der Waals surface area contributed by atoms with Crippen LogP contribution in [0, 0.1) is 17.3 Å². The smallest absolute Gasteiger partial charge is 0.327 e. The van der Waals surface area contributed by atoms with Crippen molar-refractivity contribution in [1.29, 1.82) is 0 Å². The fourth-order valence-corrected chi connectivity index (χ4v) is 2.80. The highest BCUT2D eigenvalue weighted by Crippen LogP contribution is 2.35. The van der Waals surface area contributed by atoms with Gasteiger partial charge in [-0.1, -0.05) is 38.0 Å². The second-order valence-corrected chi connectivity index (χ2v) is 5.95. The van der Waals surface area contributed by atoms with Gasteiger partial charge < -0.3 is 10.0 Å². The van der Waals surface area contributed by atoms with Crippen LogP contribution in [0.15, 0.2) is 30.3 Å². The van der Waals surface area contributed by atoms with Gasteiger partial charge in [0.15, 0.2) is 0 Å². The highest BCUT2D eigenvalue weighted by molar-refractivity contribution is 5.96. The van der Waals surface area contributed by atoms with E-state index < -0.39 is 23.3 Å². The van der Waals surface area contributed by atoms with Crippen LogP contribution in [0.25, 0.3) is 0 Å². The third-order valence-corrected chi connectivity index (χ3v) is 3.85. The summed E-state index contributed by atoms with van der Waals surface area (Å²) in [6.45, 7) is 4.22. The van der Waals surface area contributed by atoms with E-state index in [1.165, 1.54) is 4.90 Å². The predicted octanol–water partition coefficient (Wildman–Crippen LogP) is 2.14. The molecule has 1 saturated heterocycles. The zero-order valence-electron chi connectivity index (χ0n) is 12.3. The lowest BCUT2D eigenvalue weighted by atomic mass is 9.76. The van der Waals surface area contributed by atoms with Crippen LogP contribution in [0.5, 0.6) is 0 Å². The Bertz CT molecular complexity index is 595. The zero-order valence-corrected chi connectivity index (χ0v) is 12.3. The van der Waals surface area contributed by atoms with Crippen molar-refractivity contribution in [1.82, 2.24) is 4.90 Å². The van der Waals surface area contributed by atoms with E-state index in [-0.39, 0.29) is 0 Å². The average molecular weight is 285 g/mol. The third kappa shape index (κ3) is 3.43. The number of carbonyl (C=O) groups excluding carboxylic acids is 1. The quantitative estimate of drug-likeness (QED) is 0.804. The number of carbonyl (C=O) groups is 2. The molecule has 1 fully saturated rings. The summed E-state index contributed by atoms with van der Waals surface area (Å²) in [6.07, 6.45) is 1.59. The van der Waals surface area contributed by atoms with E-state index in [1.807, 2.05) is 44.2 Å². The maximum atomic E-state index is 12.3. The molecule has 1 heterocycles. The molecule has 0 bridgehead atoms. The first kappa shape index (κ1) is 15.1. The lowest BCUT2D eigenvalue weighted by molar-refractivity contribution is -0.156. The average Bonchev–Trinajstić information content (AvgIpc) is 2.44. The third-order valence-electron chi connectivity index (χ3n) is 3.85. The van der Waals surface area contributed by atoms with Crippen molar-refractivity contribution in [3.05, 3.63) is 35.9 Å². The van der Waals surface area contributed by atoms with Crippen LogP contribution >= 0.6 is 0 Å². The molecule has 1 unspecified atom stereocenters. The van der Waals surface area contributed by atoms with Crippen molar-refractivity contribution in [3.63, 3.8) is 0 Å². The molecule has 0 aliphatic carbocycles. The molecular weight excluding hydrogens is 266 g/mol. The van der Waals surface area contributed by atoms with Gasteiger partial charge in [0.2, 0.25) is 0 Å². The minimum Gasteiger partial charge on any atom is -0.480 e. The summed E-state index contributed by atoms with van der Waals surface area (Å²) in [7, 11) is 0. The Morgan fingerprint density at radius 2 is 1.95 bits per heavy atom. The molecule has 1 aromatic carbocycles. The first-order chi connectivity index (χ1) is 9.92. The maximum Gasteiger partial charge on any atom is 0.327 e. The van der Waals surface area contributed by atoms with Crippen molar-refractivity contribution in [2.24, 2.45) is 5.41 Å². The second kappa shape index (κ2) is 6.01. The number of hydrogen-bond acceptors (Lipinski definition) is 2. The fraction of sp³-hybridized carbons (Fsp3) is 0.412. The number of aliphatic carboxylic acids is 1. The standard InChI is InChI=1S/C17H19NO3/c1-17(2)11-6-12-18(15(17)16(20)21)14(19)10-9-13-7-4-3-5-8-13/h3-5,7-8,15H,6,11-12H2,1-2H3,(H,20,21). The number of rotatable bonds is 1. The summed E-state index contributed by atoms with van der Waals surface area (Å²) in [5.74, 6) is 3.98. The molecule has 0 radical (unpaired) electrons. The van der Waals surface area contributed by atoms with Crippen molar-refractivity contribution < 1.29 is 14.7 Å². The molecule has 4 heteroatoms. The summed E-state index contributed by atoms with van der Waals surface area (Å²) in [6, 6.07) is 8.38. The van der Waals surface area contributed by atoms with E-state index in [2.05, 4.69) is 11.8 Å². The Balaban J connectivity index is 2.21. The lowest BCUT2D eigenvalue weighted by Gasteiger charge is -2.43. The number of nitrogens with zero attached hydrogens (tertiary/aromatic N) is 1. The van der Waals surface area contributed by atoms with Gasteiger partial charge in [-0.3, -0.25) is 4.79 Å².